The Labute approximate surface area is 138 Å². The Bertz CT molecular complexity index is 961. The summed E-state index contributed by atoms with van der Waals surface area (Å²) >= 11 is 0. The fraction of sp³-hybridized carbons (Fsp3) is 0.294. The maximum absolute atomic E-state index is 12.7. The molecule has 0 aromatic carbocycles. The van der Waals surface area contributed by atoms with E-state index in [9.17, 15) is 9.59 Å². The minimum Gasteiger partial charge on any atom is -0.336 e. The zero-order chi connectivity index (χ0) is 16.7. The van der Waals surface area contributed by atoms with Crippen LogP contribution in [0.5, 0.6) is 0 Å². The molecule has 1 aliphatic rings. The van der Waals surface area contributed by atoms with Gasteiger partial charge in [0.25, 0.3) is 5.56 Å². The third-order valence-corrected chi connectivity index (χ3v) is 4.47. The SMILES string of the molecule is CC(C(=O)N1CCc2nc3ccccn3c(=O)c2C1)n1cccn1. The lowest BCUT2D eigenvalue weighted by Gasteiger charge is -2.30. The van der Waals surface area contributed by atoms with Crippen LogP contribution in [0.3, 0.4) is 0 Å². The number of amides is 1. The smallest absolute Gasteiger partial charge is 0.263 e. The van der Waals surface area contributed by atoms with Gasteiger partial charge in [0.2, 0.25) is 5.91 Å². The number of nitrogens with zero attached hydrogens (tertiary/aromatic N) is 5. The highest BCUT2D eigenvalue weighted by Crippen LogP contribution is 2.18. The molecule has 7 nitrogen and oxygen atoms in total. The van der Waals surface area contributed by atoms with Crippen molar-refractivity contribution < 1.29 is 4.79 Å². The summed E-state index contributed by atoms with van der Waals surface area (Å²) in [4.78, 5) is 31.7. The van der Waals surface area contributed by atoms with E-state index in [1.807, 2.05) is 19.1 Å². The Morgan fingerprint density at radius 2 is 2.12 bits per heavy atom. The summed E-state index contributed by atoms with van der Waals surface area (Å²) in [5.74, 6) is -0.0399. The van der Waals surface area contributed by atoms with E-state index in [2.05, 4.69) is 10.1 Å². The van der Waals surface area contributed by atoms with Gasteiger partial charge in [-0.25, -0.2) is 4.98 Å². The second kappa shape index (κ2) is 5.59. The highest BCUT2D eigenvalue weighted by atomic mass is 16.2. The quantitative estimate of drug-likeness (QED) is 0.706. The zero-order valence-electron chi connectivity index (χ0n) is 13.3. The van der Waals surface area contributed by atoms with Gasteiger partial charge in [0.05, 0.1) is 17.8 Å². The molecule has 1 unspecified atom stereocenters. The molecule has 0 N–H and O–H groups in total. The van der Waals surface area contributed by atoms with Crippen LogP contribution < -0.4 is 5.56 Å². The summed E-state index contributed by atoms with van der Waals surface area (Å²) < 4.78 is 3.16. The Hall–Kier alpha value is -2.96. The molecule has 0 saturated carbocycles. The topological polar surface area (TPSA) is 72.5 Å². The number of aromatic nitrogens is 4. The first-order valence-electron chi connectivity index (χ1n) is 7.92. The van der Waals surface area contributed by atoms with Gasteiger partial charge in [0, 0.05) is 31.6 Å². The normalized spacial score (nSPS) is 15.3. The molecular weight excluding hydrogens is 306 g/mol. The second-order valence-electron chi connectivity index (χ2n) is 5.94. The number of hydrogen-bond acceptors (Lipinski definition) is 4. The molecule has 0 aliphatic carbocycles. The number of rotatable bonds is 2. The van der Waals surface area contributed by atoms with E-state index in [1.54, 1.807) is 40.3 Å². The van der Waals surface area contributed by atoms with Gasteiger partial charge in [-0.05, 0) is 25.1 Å². The van der Waals surface area contributed by atoms with Crippen molar-refractivity contribution in [3.63, 3.8) is 0 Å². The molecule has 1 aliphatic heterocycles. The van der Waals surface area contributed by atoms with Crippen LogP contribution in [0.2, 0.25) is 0 Å². The molecule has 0 radical (unpaired) electrons. The van der Waals surface area contributed by atoms with E-state index in [4.69, 9.17) is 0 Å². The molecule has 0 saturated heterocycles. The lowest BCUT2D eigenvalue weighted by Crippen LogP contribution is -2.42. The van der Waals surface area contributed by atoms with Crippen molar-refractivity contribution in [2.45, 2.75) is 25.9 Å². The fourth-order valence-corrected chi connectivity index (χ4v) is 3.12. The van der Waals surface area contributed by atoms with E-state index < -0.39 is 6.04 Å². The fourth-order valence-electron chi connectivity index (χ4n) is 3.12. The van der Waals surface area contributed by atoms with E-state index in [0.717, 1.165) is 5.69 Å². The minimum absolute atomic E-state index is 0.0399. The number of hydrogen-bond donors (Lipinski definition) is 0. The van der Waals surface area contributed by atoms with Crippen LogP contribution in [0.15, 0.2) is 47.7 Å². The third-order valence-electron chi connectivity index (χ3n) is 4.47. The van der Waals surface area contributed by atoms with Crippen LogP contribution in [0.4, 0.5) is 0 Å². The largest absolute Gasteiger partial charge is 0.336 e. The molecule has 0 bridgehead atoms. The molecule has 7 heteroatoms. The summed E-state index contributed by atoms with van der Waals surface area (Å²) in [5.41, 5.74) is 1.94. The molecule has 1 atom stereocenters. The van der Waals surface area contributed by atoms with Gasteiger partial charge >= 0.3 is 0 Å². The van der Waals surface area contributed by atoms with E-state index in [-0.39, 0.29) is 11.5 Å². The summed E-state index contributed by atoms with van der Waals surface area (Å²) in [6.45, 7) is 2.67. The maximum atomic E-state index is 12.7. The Kier molecular flexibility index (Phi) is 3.41. The zero-order valence-corrected chi connectivity index (χ0v) is 13.3. The van der Waals surface area contributed by atoms with Gasteiger partial charge in [-0.3, -0.25) is 18.7 Å². The first kappa shape index (κ1) is 14.6. The lowest BCUT2D eigenvalue weighted by atomic mass is 10.1. The first-order chi connectivity index (χ1) is 11.6. The van der Waals surface area contributed by atoms with Crippen LogP contribution in [-0.4, -0.2) is 36.5 Å². The van der Waals surface area contributed by atoms with E-state index in [1.165, 1.54) is 4.40 Å². The van der Waals surface area contributed by atoms with Crippen molar-refractivity contribution in [2.24, 2.45) is 0 Å². The summed E-state index contributed by atoms with van der Waals surface area (Å²) in [6, 6.07) is 6.88. The number of pyridine rings is 1. The van der Waals surface area contributed by atoms with Gasteiger partial charge in [-0.15, -0.1) is 0 Å². The molecular formula is C17H17N5O2. The van der Waals surface area contributed by atoms with Crippen LogP contribution in [0, 0.1) is 0 Å². The molecule has 24 heavy (non-hydrogen) atoms. The number of carbonyl (C=O) groups is 1. The van der Waals surface area contributed by atoms with Gasteiger partial charge in [0.15, 0.2) is 0 Å². The highest BCUT2D eigenvalue weighted by molar-refractivity contribution is 5.80. The summed E-state index contributed by atoms with van der Waals surface area (Å²) in [5, 5.41) is 4.13. The van der Waals surface area contributed by atoms with E-state index in [0.29, 0.717) is 30.7 Å². The molecule has 1 amide bonds. The monoisotopic (exact) mass is 323 g/mol. The Morgan fingerprint density at radius 1 is 1.25 bits per heavy atom. The predicted molar refractivity (Wildman–Crippen MR) is 87.5 cm³/mol. The predicted octanol–water partition coefficient (Wildman–Crippen LogP) is 1.04. The Balaban J connectivity index is 1.67. The maximum Gasteiger partial charge on any atom is 0.263 e. The molecule has 3 aromatic rings. The van der Waals surface area contributed by atoms with Crippen molar-refractivity contribution >= 4 is 11.6 Å². The van der Waals surface area contributed by atoms with Crippen molar-refractivity contribution in [2.75, 3.05) is 6.54 Å². The van der Waals surface area contributed by atoms with Crippen molar-refractivity contribution in [3.8, 4) is 0 Å². The van der Waals surface area contributed by atoms with Crippen molar-refractivity contribution in [1.29, 1.82) is 0 Å². The highest BCUT2D eigenvalue weighted by Gasteiger charge is 2.28. The molecule has 0 spiro atoms. The molecule has 4 rings (SSSR count). The number of fused-ring (bicyclic) bond motifs is 2. The molecule has 3 aromatic heterocycles. The average Bonchev–Trinajstić information content (AvgIpc) is 3.15. The second-order valence-corrected chi connectivity index (χ2v) is 5.94. The van der Waals surface area contributed by atoms with Crippen LogP contribution in [0.1, 0.15) is 24.2 Å². The van der Waals surface area contributed by atoms with Crippen LogP contribution in [0.25, 0.3) is 5.65 Å². The van der Waals surface area contributed by atoms with Gasteiger partial charge < -0.3 is 4.90 Å². The minimum atomic E-state index is -0.391. The van der Waals surface area contributed by atoms with Crippen LogP contribution >= 0.6 is 0 Å². The van der Waals surface area contributed by atoms with Gasteiger partial charge in [0.1, 0.15) is 11.7 Å². The number of carbonyl (C=O) groups excluding carboxylic acids is 1. The summed E-state index contributed by atoms with van der Waals surface area (Å²) in [6.07, 6.45) is 5.72. The van der Waals surface area contributed by atoms with Gasteiger partial charge in [-0.1, -0.05) is 6.07 Å². The van der Waals surface area contributed by atoms with Crippen molar-refractivity contribution in [1.82, 2.24) is 24.1 Å². The van der Waals surface area contributed by atoms with E-state index >= 15 is 0 Å². The van der Waals surface area contributed by atoms with Gasteiger partial charge in [-0.2, -0.15) is 5.10 Å². The van der Waals surface area contributed by atoms with Crippen LogP contribution in [-0.2, 0) is 17.8 Å². The average molecular weight is 323 g/mol. The summed E-state index contributed by atoms with van der Waals surface area (Å²) in [7, 11) is 0. The standard InChI is InChI=1S/C17H17N5O2/c1-12(22-9-4-7-18-22)16(23)20-10-6-14-13(11-20)17(24)21-8-3-2-5-15(21)19-14/h2-5,7-9,12H,6,10-11H2,1H3. The third kappa shape index (κ3) is 2.29. The molecule has 122 valence electrons. The molecule has 0 fully saturated rings. The lowest BCUT2D eigenvalue weighted by molar-refractivity contribution is -0.135. The Morgan fingerprint density at radius 3 is 2.92 bits per heavy atom. The van der Waals surface area contributed by atoms with Crippen molar-refractivity contribution in [3.05, 3.63) is 64.5 Å². The molecule has 4 heterocycles. The first-order valence-corrected chi connectivity index (χ1v) is 7.92.